The fourth-order valence-corrected chi connectivity index (χ4v) is 10.9. The lowest BCUT2D eigenvalue weighted by Crippen LogP contribution is -2.58. The topological polar surface area (TPSA) is 35.5 Å². The van der Waals surface area contributed by atoms with Crippen molar-refractivity contribution in [2.75, 3.05) is 6.61 Å². The van der Waals surface area contributed by atoms with Crippen LogP contribution < -0.4 is 4.74 Å². The highest BCUT2D eigenvalue weighted by Crippen LogP contribution is 2.68. The van der Waals surface area contributed by atoms with E-state index in [-0.39, 0.29) is 17.5 Å². The quantitative estimate of drug-likeness (QED) is 0.183. The van der Waals surface area contributed by atoms with Crippen molar-refractivity contribution in [2.45, 2.75) is 144 Å². The average Bonchev–Trinajstić information content (AvgIpc) is 3.33. The predicted octanol–water partition coefficient (Wildman–Crippen LogP) is 10.9. The van der Waals surface area contributed by atoms with Crippen molar-refractivity contribution >= 4 is 5.97 Å². The molecule has 1 aromatic rings. The number of rotatable bonds is 12. The molecule has 0 heterocycles. The number of carbonyl (C=O) groups excluding carboxylic acids is 1. The third-order valence-corrected chi connectivity index (χ3v) is 13.2. The van der Waals surface area contributed by atoms with Gasteiger partial charge in [0.15, 0.2) is 0 Å². The average molecular weight is 579 g/mol. The molecule has 1 unspecified atom stereocenters. The third kappa shape index (κ3) is 6.32. The van der Waals surface area contributed by atoms with Crippen LogP contribution in [0.5, 0.6) is 5.75 Å². The summed E-state index contributed by atoms with van der Waals surface area (Å²) in [5.41, 5.74) is 1.28. The first-order chi connectivity index (χ1) is 20.2. The maximum absolute atomic E-state index is 13.5. The number of hydrogen-bond donors (Lipinski definition) is 0. The van der Waals surface area contributed by atoms with Crippen molar-refractivity contribution in [3.05, 3.63) is 29.8 Å². The summed E-state index contributed by atoms with van der Waals surface area (Å²) in [7, 11) is 0. The second kappa shape index (κ2) is 13.6. The minimum atomic E-state index is -0.140. The van der Waals surface area contributed by atoms with E-state index in [1.165, 1.54) is 83.5 Å². The summed E-state index contributed by atoms with van der Waals surface area (Å²) < 4.78 is 12.4. The Hall–Kier alpha value is -1.51. The van der Waals surface area contributed by atoms with Gasteiger partial charge in [0.1, 0.15) is 11.9 Å². The van der Waals surface area contributed by atoms with Crippen molar-refractivity contribution in [3.8, 4) is 5.75 Å². The molecule has 9 atom stereocenters. The van der Waals surface area contributed by atoms with E-state index in [0.717, 1.165) is 54.8 Å². The lowest BCUT2D eigenvalue weighted by atomic mass is 9.44. The molecule has 1 aromatic carbocycles. The molecule has 0 spiro atoms. The van der Waals surface area contributed by atoms with Crippen LogP contribution in [-0.4, -0.2) is 18.7 Å². The van der Waals surface area contributed by atoms with Gasteiger partial charge in [-0.2, -0.15) is 0 Å². The molecule has 4 saturated carbocycles. The van der Waals surface area contributed by atoms with Crippen LogP contribution in [-0.2, 0) is 4.74 Å². The first-order valence-corrected chi connectivity index (χ1v) is 18.1. The van der Waals surface area contributed by atoms with Crippen molar-refractivity contribution in [1.82, 2.24) is 0 Å². The lowest BCUT2D eigenvalue weighted by Gasteiger charge is -2.62. The van der Waals surface area contributed by atoms with Crippen LogP contribution in [0.25, 0.3) is 0 Å². The molecule has 0 aliphatic heterocycles. The van der Waals surface area contributed by atoms with Gasteiger partial charge in [-0.3, -0.25) is 0 Å². The number of hydrogen-bond acceptors (Lipinski definition) is 3. The zero-order valence-corrected chi connectivity index (χ0v) is 28.0. The van der Waals surface area contributed by atoms with Gasteiger partial charge in [-0.05, 0) is 135 Å². The normalized spacial score (nSPS) is 36.5. The fourth-order valence-electron chi connectivity index (χ4n) is 10.9. The summed E-state index contributed by atoms with van der Waals surface area (Å²) in [6.07, 6.45) is 19.5. The number of fused-ring (bicyclic) bond motifs is 5. The first-order valence-electron chi connectivity index (χ1n) is 18.1. The summed E-state index contributed by atoms with van der Waals surface area (Å²) in [5.74, 6) is 6.31. The minimum absolute atomic E-state index is 0.0398. The molecule has 4 fully saturated rings. The standard InChI is InChI=1S/C39H62O3/c1-7-8-9-26-41-31-19-16-29(17-20-31)37(40)42-36-15-11-14-30-18-21-32-34-23-22-33(28(4)13-10-12-27(2)3)38(34,5)25-24-35(32)39(30,36)6/h16-17,19-20,27-28,30,32-36H,7-15,18,21-26H2,1-6H3/t28-,30+,32+,33-,34-,35-,36?,38+,39-/m0/s1. The van der Waals surface area contributed by atoms with Gasteiger partial charge in [0.2, 0.25) is 0 Å². The highest BCUT2D eigenvalue weighted by atomic mass is 16.5. The van der Waals surface area contributed by atoms with Crippen LogP contribution in [0.3, 0.4) is 0 Å². The van der Waals surface area contributed by atoms with E-state index in [2.05, 4.69) is 41.5 Å². The van der Waals surface area contributed by atoms with Crippen LogP contribution in [0.2, 0.25) is 0 Å². The van der Waals surface area contributed by atoms with Gasteiger partial charge in [0, 0.05) is 5.41 Å². The van der Waals surface area contributed by atoms with Gasteiger partial charge in [-0.25, -0.2) is 4.79 Å². The molecule has 0 bridgehead atoms. The summed E-state index contributed by atoms with van der Waals surface area (Å²) in [6.45, 7) is 15.5. The Morgan fingerprint density at radius 2 is 1.67 bits per heavy atom. The maximum Gasteiger partial charge on any atom is 0.338 e. The van der Waals surface area contributed by atoms with E-state index in [9.17, 15) is 4.79 Å². The highest BCUT2D eigenvalue weighted by Gasteiger charge is 2.62. The minimum Gasteiger partial charge on any atom is -0.494 e. The molecule has 0 amide bonds. The molecular weight excluding hydrogens is 516 g/mol. The molecule has 3 heteroatoms. The second-order valence-corrected chi connectivity index (χ2v) is 16.0. The molecule has 0 N–H and O–H groups in total. The van der Waals surface area contributed by atoms with E-state index < -0.39 is 0 Å². The number of esters is 1. The Bertz CT molecular complexity index is 1010. The maximum atomic E-state index is 13.5. The second-order valence-electron chi connectivity index (χ2n) is 16.0. The van der Waals surface area contributed by atoms with Crippen molar-refractivity contribution in [3.63, 3.8) is 0 Å². The predicted molar refractivity (Wildman–Crippen MR) is 174 cm³/mol. The molecular formula is C39H62O3. The number of benzene rings is 1. The van der Waals surface area contributed by atoms with Gasteiger partial charge in [0.25, 0.3) is 0 Å². The molecule has 0 aromatic heterocycles. The summed E-state index contributed by atoms with van der Waals surface area (Å²) in [4.78, 5) is 13.5. The van der Waals surface area contributed by atoms with Crippen LogP contribution in [0.1, 0.15) is 148 Å². The Labute approximate surface area is 258 Å². The Balaban J connectivity index is 1.26. The zero-order valence-electron chi connectivity index (χ0n) is 28.0. The SMILES string of the molecule is CCCCCOc1ccc(C(=O)OC2CCC[C@@H]3CC[C@@H]4[C@@H]5CC[C@@H]([C@@H](C)CCCC(C)C)[C@@]5(C)CC[C@@H]4[C@@]23C)cc1. The third-order valence-electron chi connectivity index (χ3n) is 13.2. The van der Waals surface area contributed by atoms with E-state index >= 15 is 0 Å². The summed E-state index contributed by atoms with van der Waals surface area (Å²) in [6, 6.07) is 7.67. The number of unbranched alkanes of at least 4 members (excludes halogenated alkanes) is 2. The molecule has 42 heavy (non-hydrogen) atoms. The molecule has 5 rings (SSSR count). The Morgan fingerprint density at radius 1 is 0.881 bits per heavy atom. The molecule has 3 nitrogen and oxygen atoms in total. The van der Waals surface area contributed by atoms with Crippen LogP contribution in [0, 0.1) is 52.3 Å². The van der Waals surface area contributed by atoms with Gasteiger partial charge in [-0.15, -0.1) is 0 Å². The van der Waals surface area contributed by atoms with Crippen LogP contribution >= 0.6 is 0 Å². The largest absolute Gasteiger partial charge is 0.494 e. The van der Waals surface area contributed by atoms with E-state index in [0.29, 0.717) is 22.8 Å². The van der Waals surface area contributed by atoms with Crippen molar-refractivity contribution in [2.24, 2.45) is 52.3 Å². The molecule has 4 aliphatic rings. The van der Waals surface area contributed by atoms with E-state index in [1.54, 1.807) is 0 Å². The van der Waals surface area contributed by atoms with Gasteiger partial charge in [0.05, 0.1) is 12.2 Å². The van der Waals surface area contributed by atoms with Crippen molar-refractivity contribution in [1.29, 1.82) is 0 Å². The summed E-state index contributed by atoms with van der Waals surface area (Å²) in [5, 5.41) is 0. The van der Waals surface area contributed by atoms with Gasteiger partial charge < -0.3 is 9.47 Å². The van der Waals surface area contributed by atoms with Crippen LogP contribution in [0.15, 0.2) is 24.3 Å². The number of ether oxygens (including phenoxy) is 2. The molecule has 0 saturated heterocycles. The van der Waals surface area contributed by atoms with E-state index in [4.69, 9.17) is 9.47 Å². The molecule has 236 valence electrons. The summed E-state index contributed by atoms with van der Waals surface area (Å²) >= 11 is 0. The van der Waals surface area contributed by atoms with Crippen molar-refractivity contribution < 1.29 is 14.3 Å². The van der Waals surface area contributed by atoms with Gasteiger partial charge >= 0.3 is 5.97 Å². The fraction of sp³-hybridized carbons (Fsp3) is 0.821. The highest BCUT2D eigenvalue weighted by molar-refractivity contribution is 5.89. The molecule has 4 aliphatic carbocycles. The van der Waals surface area contributed by atoms with E-state index in [1.807, 2.05) is 24.3 Å². The Morgan fingerprint density at radius 3 is 2.40 bits per heavy atom. The lowest BCUT2D eigenvalue weighted by molar-refractivity contribution is -0.166. The Kier molecular flexibility index (Phi) is 10.4. The molecule has 0 radical (unpaired) electrons. The van der Waals surface area contributed by atoms with Crippen LogP contribution in [0.4, 0.5) is 0 Å². The van der Waals surface area contributed by atoms with Gasteiger partial charge in [-0.1, -0.05) is 73.6 Å². The smallest absolute Gasteiger partial charge is 0.338 e. The number of carbonyl (C=O) groups is 1. The first kappa shape index (κ1) is 31.9. The monoisotopic (exact) mass is 578 g/mol. The zero-order chi connectivity index (χ0) is 29.9.